The van der Waals surface area contributed by atoms with Gasteiger partial charge in [-0.2, -0.15) is 0 Å². The number of benzene rings is 1. The molecule has 15 heavy (non-hydrogen) atoms. The van der Waals surface area contributed by atoms with E-state index in [0.29, 0.717) is 17.1 Å². The monoisotopic (exact) mass is 209 g/mol. The molecule has 0 bridgehead atoms. The van der Waals surface area contributed by atoms with E-state index in [-0.39, 0.29) is 13.3 Å². The van der Waals surface area contributed by atoms with Crippen molar-refractivity contribution in [1.82, 2.24) is 0 Å². The highest BCUT2D eigenvalue weighted by Crippen LogP contribution is 2.38. The Morgan fingerprint density at radius 2 is 2.33 bits per heavy atom. The van der Waals surface area contributed by atoms with E-state index in [4.69, 9.17) is 20.3 Å². The zero-order chi connectivity index (χ0) is 10.8. The lowest BCUT2D eigenvalue weighted by Crippen LogP contribution is -2.21. The minimum Gasteiger partial charge on any atom is -0.481 e. The molecular formula is C10H11NO4. The molecule has 1 unspecified atom stereocenters. The van der Waals surface area contributed by atoms with Gasteiger partial charge < -0.3 is 20.3 Å². The van der Waals surface area contributed by atoms with Gasteiger partial charge in [0.15, 0.2) is 11.5 Å². The van der Waals surface area contributed by atoms with Gasteiger partial charge in [0.2, 0.25) is 6.79 Å². The van der Waals surface area contributed by atoms with Crippen molar-refractivity contribution < 1.29 is 19.4 Å². The number of aliphatic carboxylic acids is 1. The molecule has 3 N–H and O–H groups in total. The van der Waals surface area contributed by atoms with Crippen LogP contribution in [0.3, 0.4) is 0 Å². The lowest BCUT2D eigenvalue weighted by atomic mass is 9.98. The van der Waals surface area contributed by atoms with Crippen LogP contribution in [0.4, 0.5) is 0 Å². The molecule has 0 aliphatic carbocycles. The Kier molecular flexibility index (Phi) is 2.47. The number of nitrogens with two attached hydrogens (primary N) is 1. The Balaban J connectivity index is 2.43. The van der Waals surface area contributed by atoms with Gasteiger partial charge in [-0.1, -0.05) is 12.1 Å². The van der Waals surface area contributed by atoms with Crippen molar-refractivity contribution >= 4 is 5.97 Å². The van der Waals surface area contributed by atoms with Crippen LogP contribution in [-0.2, 0) is 4.79 Å². The molecule has 1 aromatic carbocycles. The Bertz CT molecular complexity index is 391. The summed E-state index contributed by atoms with van der Waals surface area (Å²) in [5, 5.41) is 8.98. The minimum atomic E-state index is -0.957. The topological polar surface area (TPSA) is 81.8 Å². The fourth-order valence-electron chi connectivity index (χ4n) is 1.59. The van der Waals surface area contributed by atoms with Gasteiger partial charge in [0.25, 0.3) is 0 Å². The summed E-state index contributed by atoms with van der Waals surface area (Å²) < 4.78 is 10.4. The van der Waals surface area contributed by atoms with Crippen molar-refractivity contribution in [3.8, 4) is 11.5 Å². The number of carboxylic acid groups (broad SMARTS) is 1. The standard InChI is InChI=1S/C10H11NO4/c11-4-7(10(12)13)6-2-1-3-8-9(6)15-5-14-8/h1-3,7H,4-5,11H2,(H,12,13). The molecule has 1 aliphatic rings. The summed E-state index contributed by atoms with van der Waals surface area (Å²) in [5.41, 5.74) is 5.99. The number of rotatable bonds is 3. The molecule has 5 heteroatoms. The second kappa shape index (κ2) is 3.78. The van der Waals surface area contributed by atoms with Crippen molar-refractivity contribution in [3.05, 3.63) is 23.8 Å². The fraction of sp³-hybridized carbons (Fsp3) is 0.300. The largest absolute Gasteiger partial charge is 0.481 e. The fourth-order valence-corrected chi connectivity index (χ4v) is 1.59. The molecule has 1 heterocycles. The summed E-state index contributed by atoms with van der Waals surface area (Å²) in [5.74, 6) is -0.634. The predicted molar refractivity (Wildman–Crippen MR) is 52.0 cm³/mol. The third-order valence-electron chi connectivity index (χ3n) is 2.34. The lowest BCUT2D eigenvalue weighted by molar-refractivity contribution is -0.138. The van der Waals surface area contributed by atoms with Gasteiger partial charge in [0, 0.05) is 12.1 Å². The smallest absolute Gasteiger partial charge is 0.312 e. The number of para-hydroxylation sites is 1. The first kappa shape index (κ1) is 9.79. The van der Waals surface area contributed by atoms with E-state index in [1.807, 2.05) is 0 Å². The third kappa shape index (κ3) is 1.61. The summed E-state index contributed by atoms with van der Waals surface area (Å²) >= 11 is 0. The van der Waals surface area contributed by atoms with Crippen molar-refractivity contribution in [3.63, 3.8) is 0 Å². The summed E-state index contributed by atoms with van der Waals surface area (Å²) in [7, 11) is 0. The van der Waals surface area contributed by atoms with Crippen LogP contribution in [0.15, 0.2) is 18.2 Å². The molecule has 1 atom stereocenters. The van der Waals surface area contributed by atoms with E-state index in [0.717, 1.165) is 0 Å². The molecule has 0 saturated carbocycles. The number of carbonyl (C=O) groups is 1. The maximum atomic E-state index is 11.0. The normalized spacial score (nSPS) is 15.0. The third-order valence-corrected chi connectivity index (χ3v) is 2.34. The molecule has 0 aromatic heterocycles. The molecule has 5 nitrogen and oxygen atoms in total. The van der Waals surface area contributed by atoms with E-state index in [2.05, 4.69) is 0 Å². The van der Waals surface area contributed by atoms with Crippen molar-refractivity contribution in [2.45, 2.75) is 5.92 Å². The van der Waals surface area contributed by atoms with E-state index in [1.54, 1.807) is 18.2 Å². The summed E-state index contributed by atoms with van der Waals surface area (Å²) in [6, 6.07) is 5.16. The summed E-state index contributed by atoms with van der Waals surface area (Å²) in [4.78, 5) is 11.0. The van der Waals surface area contributed by atoms with Crippen LogP contribution in [0, 0.1) is 0 Å². The van der Waals surface area contributed by atoms with Gasteiger partial charge in [-0.3, -0.25) is 4.79 Å². The van der Waals surface area contributed by atoms with E-state index in [9.17, 15) is 4.79 Å². The average Bonchev–Trinajstić information content (AvgIpc) is 2.66. The second-order valence-electron chi connectivity index (χ2n) is 3.21. The predicted octanol–water partition coefficient (Wildman–Crippen LogP) is 0.542. The Labute approximate surface area is 86.4 Å². The van der Waals surface area contributed by atoms with Gasteiger partial charge in [0.1, 0.15) is 0 Å². The molecule has 1 aliphatic heterocycles. The van der Waals surface area contributed by atoms with Gasteiger partial charge >= 0.3 is 5.97 Å². The maximum absolute atomic E-state index is 11.0. The molecule has 0 amide bonds. The molecule has 0 radical (unpaired) electrons. The quantitative estimate of drug-likeness (QED) is 0.759. The Hall–Kier alpha value is -1.75. The second-order valence-corrected chi connectivity index (χ2v) is 3.21. The summed E-state index contributed by atoms with van der Waals surface area (Å²) in [6.45, 7) is 0.165. The molecule has 1 aromatic rings. The van der Waals surface area contributed by atoms with Gasteiger partial charge in [0.05, 0.1) is 5.92 Å². The minimum absolute atomic E-state index is 0.0369. The van der Waals surface area contributed by atoms with Gasteiger partial charge in [-0.05, 0) is 6.07 Å². The van der Waals surface area contributed by atoms with Crippen LogP contribution in [0.25, 0.3) is 0 Å². The SMILES string of the molecule is NCC(C(=O)O)c1cccc2c1OCO2. The number of hydrogen-bond donors (Lipinski definition) is 2. The maximum Gasteiger partial charge on any atom is 0.312 e. The first-order valence-electron chi connectivity index (χ1n) is 4.55. The molecular weight excluding hydrogens is 198 g/mol. The molecule has 2 rings (SSSR count). The van der Waals surface area contributed by atoms with Crippen LogP contribution in [0.1, 0.15) is 11.5 Å². The number of carboxylic acids is 1. The highest BCUT2D eigenvalue weighted by Gasteiger charge is 2.26. The zero-order valence-corrected chi connectivity index (χ0v) is 7.97. The van der Waals surface area contributed by atoms with Crippen molar-refractivity contribution in [2.24, 2.45) is 5.73 Å². The highest BCUT2D eigenvalue weighted by atomic mass is 16.7. The Morgan fingerprint density at radius 3 is 3.00 bits per heavy atom. The number of hydrogen-bond acceptors (Lipinski definition) is 4. The van der Waals surface area contributed by atoms with E-state index >= 15 is 0 Å². The number of ether oxygens (including phenoxy) is 2. The van der Waals surface area contributed by atoms with Gasteiger partial charge in [-0.15, -0.1) is 0 Å². The molecule has 80 valence electrons. The zero-order valence-electron chi connectivity index (χ0n) is 7.97. The molecule has 0 fully saturated rings. The number of fused-ring (bicyclic) bond motifs is 1. The first-order chi connectivity index (χ1) is 7.24. The highest BCUT2D eigenvalue weighted by molar-refractivity contribution is 5.78. The van der Waals surface area contributed by atoms with Crippen LogP contribution in [-0.4, -0.2) is 24.4 Å². The van der Waals surface area contributed by atoms with Crippen LogP contribution >= 0.6 is 0 Å². The van der Waals surface area contributed by atoms with Gasteiger partial charge in [-0.25, -0.2) is 0 Å². The summed E-state index contributed by atoms with van der Waals surface area (Å²) in [6.07, 6.45) is 0. The average molecular weight is 209 g/mol. The van der Waals surface area contributed by atoms with E-state index in [1.165, 1.54) is 0 Å². The first-order valence-corrected chi connectivity index (χ1v) is 4.55. The lowest BCUT2D eigenvalue weighted by Gasteiger charge is -2.12. The van der Waals surface area contributed by atoms with E-state index < -0.39 is 11.9 Å². The Morgan fingerprint density at radius 1 is 1.53 bits per heavy atom. The van der Waals surface area contributed by atoms with Crippen molar-refractivity contribution in [1.29, 1.82) is 0 Å². The van der Waals surface area contributed by atoms with Crippen LogP contribution < -0.4 is 15.2 Å². The van der Waals surface area contributed by atoms with Crippen LogP contribution in [0.5, 0.6) is 11.5 Å². The molecule has 0 spiro atoms. The van der Waals surface area contributed by atoms with Crippen molar-refractivity contribution in [2.75, 3.05) is 13.3 Å². The van der Waals surface area contributed by atoms with Crippen LogP contribution in [0.2, 0.25) is 0 Å². The molecule has 0 saturated heterocycles.